The lowest BCUT2D eigenvalue weighted by molar-refractivity contribution is -0.142. The van der Waals surface area contributed by atoms with Crippen LogP contribution < -0.4 is 0 Å². The van der Waals surface area contributed by atoms with E-state index in [4.69, 9.17) is 16.3 Å². The number of piperazine rings is 1. The molecular weight excluding hydrogens is 328 g/mol. The van der Waals surface area contributed by atoms with Crippen LogP contribution in [0.15, 0.2) is 29.2 Å². The van der Waals surface area contributed by atoms with Crippen LogP contribution in [0.2, 0.25) is 5.02 Å². The summed E-state index contributed by atoms with van der Waals surface area (Å²) in [5.74, 6) is -0.206. The largest absolute Gasteiger partial charge is 0.464 e. The third-order valence-corrected chi connectivity index (χ3v) is 6.47. The summed E-state index contributed by atoms with van der Waals surface area (Å²) >= 11 is 6.00. The van der Waals surface area contributed by atoms with E-state index < -0.39 is 10.0 Å². The first kappa shape index (κ1) is 15.7. The Bertz CT molecular complexity index is 671. The molecule has 3 rings (SSSR count). The maximum atomic E-state index is 12.6. The predicted molar refractivity (Wildman–Crippen MR) is 81.1 cm³/mol. The number of halogens is 1. The van der Waals surface area contributed by atoms with Crippen LogP contribution in [0.4, 0.5) is 0 Å². The molecule has 2 aliphatic rings. The Hall–Kier alpha value is -1.15. The lowest BCUT2D eigenvalue weighted by atomic mass is 10.2. The number of benzene rings is 1. The van der Waals surface area contributed by atoms with Crippen LogP contribution in [0.25, 0.3) is 0 Å². The van der Waals surface area contributed by atoms with Gasteiger partial charge in [-0.3, -0.25) is 9.69 Å². The maximum absolute atomic E-state index is 12.6. The van der Waals surface area contributed by atoms with E-state index >= 15 is 0 Å². The first-order valence-corrected chi connectivity index (χ1v) is 8.97. The summed E-state index contributed by atoms with van der Waals surface area (Å²) in [5.41, 5.74) is 0. The Morgan fingerprint density at radius 1 is 1.14 bits per heavy atom. The van der Waals surface area contributed by atoms with Crippen molar-refractivity contribution >= 4 is 27.6 Å². The molecule has 0 N–H and O–H groups in total. The number of esters is 1. The molecule has 0 aromatic heterocycles. The minimum atomic E-state index is -3.59. The van der Waals surface area contributed by atoms with Crippen molar-refractivity contribution in [3.05, 3.63) is 29.3 Å². The molecule has 120 valence electrons. The van der Waals surface area contributed by atoms with Crippen molar-refractivity contribution in [2.24, 2.45) is 0 Å². The Morgan fingerprint density at radius 3 is 2.41 bits per heavy atom. The van der Waals surface area contributed by atoms with Crippen LogP contribution in [0.5, 0.6) is 0 Å². The molecule has 2 aliphatic heterocycles. The van der Waals surface area contributed by atoms with Gasteiger partial charge in [-0.25, -0.2) is 8.42 Å². The first-order chi connectivity index (χ1) is 10.5. The number of nitrogens with zero attached hydrogens (tertiary/aromatic N) is 2. The highest BCUT2D eigenvalue weighted by molar-refractivity contribution is 7.89. The predicted octanol–water partition coefficient (Wildman–Crippen LogP) is 0.962. The first-order valence-electron chi connectivity index (χ1n) is 7.15. The number of carbonyl (C=O) groups is 1. The SMILES string of the molecule is O=C1OCC[C@@H]1N1CCN(S(=O)(=O)c2ccccc2Cl)CC1. The quantitative estimate of drug-likeness (QED) is 0.764. The van der Waals surface area contributed by atoms with Crippen molar-refractivity contribution in [1.82, 2.24) is 9.21 Å². The van der Waals surface area contributed by atoms with Gasteiger partial charge in [0.1, 0.15) is 10.9 Å². The van der Waals surface area contributed by atoms with Gasteiger partial charge in [-0.05, 0) is 12.1 Å². The Kier molecular flexibility index (Phi) is 4.40. The van der Waals surface area contributed by atoms with E-state index in [9.17, 15) is 13.2 Å². The molecule has 0 unspecified atom stereocenters. The fourth-order valence-corrected chi connectivity index (χ4v) is 4.78. The zero-order valence-corrected chi connectivity index (χ0v) is 13.5. The number of ether oxygens (including phenoxy) is 1. The third kappa shape index (κ3) is 2.86. The van der Waals surface area contributed by atoms with E-state index in [1.165, 1.54) is 10.4 Å². The summed E-state index contributed by atoms with van der Waals surface area (Å²) < 4.78 is 31.7. The molecule has 0 spiro atoms. The molecule has 0 aliphatic carbocycles. The maximum Gasteiger partial charge on any atom is 0.323 e. The molecule has 2 saturated heterocycles. The number of carbonyl (C=O) groups excluding carboxylic acids is 1. The lowest BCUT2D eigenvalue weighted by Crippen LogP contribution is -2.52. The number of sulfonamides is 1. The Morgan fingerprint density at radius 2 is 1.82 bits per heavy atom. The Labute approximate surface area is 134 Å². The molecule has 0 bridgehead atoms. The summed E-state index contributed by atoms with van der Waals surface area (Å²) in [5, 5.41) is 0.226. The van der Waals surface area contributed by atoms with Gasteiger partial charge in [0.25, 0.3) is 0 Å². The highest BCUT2D eigenvalue weighted by Gasteiger charge is 2.37. The van der Waals surface area contributed by atoms with Crippen LogP contribution in [-0.4, -0.2) is 62.4 Å². The second-order valence-electron chi connectivity index (χ2n) is 5.34. The van der Waals surface area contributed by atoms with Crippen LogP contribution in [0, 0.1) is 0 Å². The lowest BCUT2D eigenvalue weighted by Gasteiger charge is -2.35. The van der Waals surface area contributed by atoms with Gasteiger partial charge in [0.2, 0.25) is 10.0 Å². The van der Waals surface area contributed by atoms with Gasteiger partial charge in [-0.2, -0.15) is 4.31 Å². The molecule has 0 radical (unpaired) electrons. The van der Waals surface area contributed by atoms with Crippen molar-refractivity contribution in [2.75, 3.05) is 32.8 Å². The van der Waals surface area contributed by atoms with E-state index in [2.05, 4.69) is 0 Å². The summed E-state index contributed by atoms with van der Waals surface area (Å²) in [6, 6.07) is 6.21. The standard InChI is InChI=1S/C14H17ClN2O4S/c15-11-3-1-2-4-13(11)22(19,20)17-8-6-16(7-9-17)12-5-10-21-14(12)18/h1-4,12H,5-10H2/t12-/m0/s1. The number of hydrogen-bond donors (Lipinski definition) is 0. The number of rotatable bonds is 3. The molecule has 0 amide bonds. The highest BCUT2D eigenvalue weighted by Crippen LogP contribution is 2.26. The zero-order chi connectivity index (χ0) is 15.7. The van der Waals surface area contributed by atoms with E-state index in [0.29, 0.717) is 39.2 Å². The van der Waals surface area contributed by atoms with Crippen LogP contribution in [-0.2, 0) is 19.6 Å². The number of cyclic esters (lactones) is 1. The minimum absolute atomic E-state index is 0.130. The molecule has 1 atom stereocenters. The highest BCUT2D eigenvalue weighted by atomic mass is 35.5. The van der Waals surface area contributed by atoms with Gasteiger partial charge in [0.15, 0.2) is 0 Å². The van der Waals surface area contributed by atoms with Gasteiger partial charge in [-0.15, -0.1) is 0 Å². The molecule has 0 saturated carbocycles. The fourth-order valence-electron chi connectivity index (χ4n) is 2.87. The monoisotopic (exact) mass is 344 g/mol. The summed E-state index contributed by atoms with van der Waals surface area (Å²) in [6.07, 6.45) is 0.677. The third-order valence-electron chi connectivity index (χ3n) is 4.08. The van der Waals surface area contributed by atoms with Gasteiger partial charge < -0.3 is 4.74 Å². The summed E-state index contributed by atoms with van der Waals surface area (Å²) in [4.78, 5) is 13.7. The van der Waals surface area contributed by atoms with Gasteiger partial charge in [0.05, 0.1) is 11.6 Å². The average Bonchev–Trinajstić information content (AvgIpc) is 2.94. The van der Waals surface area contributed by atoms with Gasteiger partial charge >= 0.3 is 5.97 Å². The topological polar surface area (TPSA) is 66.9 Å². The molecule has 6 nitrogen and oxygen atoms in total. The smallest absolute Gasteiger partial charge is 0.323 e. The minimum Gasteiger partial charge on any atom is -0.464 e. The molecule has 8 heteroatoms. The second-order valence-corrected chi connectivity index (χ2v) is 7.66. The molecular formula is C14H17ClN2O4S. The van der Waals surface area contributed by atoms with Crippen molar-refractivity contribution in [2.45, 2.75) is 17.4 Å². The van der Waals surface area contributed by atoms with Gasteiger partial charge in [0, 0.05) is 32.6 Å². The molecule has 2 fully saturated rings. The van der Waals surface area contributed by atoms with E-state index in [1.807, 2.05) is 4.90 Å². The van der Waals surface area contributed by atoms with Crippen LogP contribution in [0.1, 0.15) is 6.42 Å². The van der Waals surface area contributed by atoms with E-state index in [0.717, 1.165) is 0 Å². The van der Waals surface area contributed by atoms with Crippen molar-refractivity contribution in [1.29, 1.82) is 0 Å². The second kappa shape index (κ2) is 6.16. The van der Waals surface area contributed by atoms with Crippen LogP contribution >= 0.6 is 11.6 Å². The van der Waals surface area contributed by atoms with Crippen LogP contribution in [0.3, 0.4) is 0 Å². The zero-order valence-electron chi connectivity index (χ0n) is 11.9. The summed E-state index contributed by atoms with van der Waals surface area (Å²) in [7, 11) is -3.59. The fraction of sp³-hybridized carbons (Fsp3) is 0.500. The molecule has 22 heavy (non-hydrogen) atoms. The normalized spacial score (nSPS) is 24.4. The van der Waals surface area contributed by atoms with Crippen molar-refractivity contribution in [3.63, 3.8) is 0 Å². The van der Waals surface area contributed by atoms with Crippen molar-refractivity contribution < 1.29 is 17.9 Å². The average molecular weight is 345 g/mol. The molecule has 1 aromatic rings. The Balaban J connectivity index is 1.71. The molecule has 2 heterocycles. The number of hydrogen-bond acceptors (Lipinski definition) is 5. The van der Waals surface area contributed by atoms with Crippen molar-refractivity contribution in [3.8, 4) is 0 Å². The molecule has 1 aromatic carbocycles. The van der Waals surface area contributed by atoms with Gasteiger partial charge in [-0.1, -0.05) is 23.7 Å². The summed E-state index contributed by atoms with van der Waals surface area (Å²) in [6.45, 7) is 2.17. The van der Waals surface area contributed by atoms with E-state index in [-0.39, 0.29) is 21.9 Å². The van der Waals surface area contributed by atoms with E-state index in [1.54, 1.807) is 18.2 Å².